The van der Waals surface area contributed by atoms with Gasteiger partial charge < -0.3 is 14.7 Å². The fourth-order valence-corrected chi connectivity index (χ4v) is 4.37. The van der Waals surface area contributed by atoms with Crippen molar-refractivity contribution >= 4 is 11.8 Å². The highest BCUT2D eigenvalue weighted by Crippen LogP contribution is 2.40. The van der Waals surface area contributed by atoms with Crippen LogP contribution in [0.2, 0.25) is 0 Å². The van der Waals surface area contributed by atoms with Gasteiger partial charge in [-0.05, 0) is 51.3 Å². The van der Waals surface area contributed by atoms with Crippen LogP contribution in [0.1, 0.15) is 36.8 Å². The lowest BCUT2D eigenvalue weighted by Crippen LogP contribution is -2.53. The molecule has 1 aromatic carbocycles. The Balaban J connectivity index is 1.54. The van der Waals surface area contributed by atoms with Gasteiger partial charge in [0.05, 0.1) is 6.42 Å². The molecule has 0 unspecified atom stereocenters. The molecular weight excluding hydrogens is 338 g/mol. The minimum absolute atomic E-state index is 0.209. The van der Waals surface area contributed by atoms with Gasteiger partial charge in [-0.3, -0.25) is 9.59 Å². The van der Waals surface area contributed by atoms with E-state index >= 15 is 0 Å². The first kappa shape index (κ1) is 19.9. The Morgan fingerprint density at radius 2 is 1.93 bits per heavy atom. The predicted octanol–water partition coefficient (Wildman–Crippen LogP) is 2.33. The number of carbonyl (C=O) groups excluding carboxylic acids is 2. The lowest BCUT2D eigenvalue weighted by molar-refractivity contribution is -0.142. The van der Waals surface area contributed by atoms with Crippen molar-refractivity contribution in [2.45, 2.75) is 39.0 Å². The van der Waals surface area contributed by atoms with Gasteiger partial charge in [0.25, 0.3) is 0 Å². The third-order valence-electron chi connectivity index (χ3n) is 6.18. The number of hydrogen-bond donors (Lipinski definition) is 0. The molecule has 1 spiro atoms. The van der Waals surface area contributed by atoms with E-state index < -0.39 is 0 Å². The van der Waals surface area contributed by atoms with Crippen molar-refractivity contribution in [2.24, 2.45) is 5.41 Å². The van der Waals surface area contributed by atoms with Crippen LogP contribution in [-0.4, -0.2) is 73.3 Å². The summed E-state index contributed by atoms with van der Waals surface area (Å²) >= 11 is 0. The zero-order valence-corrected chi connectivity index (χ0v) is 17.0. The SMILES string of the molecule is Cc1cccc(CC(=O)N2CCC3(CCC(=O)N(CCN(C)C)C3)CC2)c1. The number of nitrogens with zero attached hydrogens (tertiary/aromatic N) is 3. The topological polar surface area (TPSA) is 43.9 Å². The Morgan fingerprint density at radius 1 is 1.19 bits per heavy atom. The smallest absolute Gasteiger partial charge is 0.226 e. The Hall–Kier alpha value is -1.88. The van der Waals surface area contributed by atoms with Gasteiger partial charge >= 0.3 is 0 Å². The number of rotatable bonds is 5. The fraction of sp³-hybridized carbons (Fsp3) is 0.636. The lowest BCUT2D eigenvalue weighted by atomic mass is 9.72. The summed E-state index contributed by atoms with van der Waals surface area (Å²) in [6.07, 6.45) is 4.15. The van der Waals surface area contributed by atoms with E-state index in [-0.39, 0.29) is 11.3 Å². The largest absolute Gasteiger partial charge is 0.342 e. The average Bonchev–Trinajstić information content (AvgIpc) is 2.63. The first-order valence-corrected chi connectivity index (χ1v) is 10.1. The van der Waals surface area contributed by atoms with Crippen LogP contribution in [0.15, 0.2) is 24.3 Å². The second-order valence-corrected chi connectivity index (χ2v) is 8.67. The van der Waals surface area contributed by atoms with Crippen molar-refractivity contribution in [3.63, 3.8) is 0 Å². The molecule has 2 fully saturated rings. The Kier molecular flexibility index (Phi) is 6.20. The molecular formula is C22H33N3O2. The summed E-state index contributed by atoms with van der Waals surface area (Å²) < 4.78 is 0. The second kappa shape index (κ2) is 8.42. The molecule has 0 radical (unpaired) electrons. The first-order chi connectivity index (χ1) is 12.9. The van der Waals surface area contributed by atoms with Crippen LogP contribution >= 0.6 is 0 Å². The van der Waals surface area contributed by atoms with E-state index in [4.69, 9.17) is 0 Å². The summed E-state index contributed by atoms with van der Waals surface area (Å²) in [7, 11) is 4.09. The minimum Gasteiger partial charge on any atom is -0.342 e. The van der Waals surface area contributed by atoms with Gasteiger partial charge in [-0.2, -0.15) is 0 Å². The van der Waals surface area contributed by atoms with E-state index in [1.807, 2.05) is 36.0 Å². The molecule has 2 aliphatic heterocycles. The number of likely N-dealkylation sites (N-methyl/N-ethyl adjacent to an activating group) is 1. The van der Waals surface area contributed by atoms with Crippen LogP contribution in [0.5, 0.6) is 0 Å². The first-order valence-electron chi connectivity index (χ1n) is 10.1. The van der Waals surface area contributed by atoms with Crippen LogP contribution in [0.4, 0.5) is 0 Å². The molecule has 2 aliphatic rings. The highest BCUT2D eigenvalue weighted by atomic mass is 16.2. The van der Waals surface area contributed by atoms with E-state index in [1.165, 1.54) is 5.56 Å². The summed E-state index contributed by atoms with van der Waals surface area (Å²) in [6.45, 7) is 6.28. The number of aryl methyl sites for hydroxylation is 1. The molecule has 5 nitrogen and oxygen atoms in total. The van der Waals surface area contributed by atoms with Crippen molar-refractivity contribution < 1.29 is 9.59 Å². The maximum absolute atomic E-state index is 12.7. The number of benzene rings is 1. The van der Waals surface area contributed by atoms with Gasteiger partial charge in [0.1, 0.15) is 0 Å². The molecule has 5 heteroatoms. The van der Waals surface area contributed by atoms with Crippen molar-refractivity contribution in [3.8, 4) is 0 Å². The number of carbonyl (C=O) groups is 2. The third-order valence-corrected chi connectivity index (χ3v) is 6.18. The van der Waals surface area contributed by atoms with Crippen molar-refractivity contribution in [1.82, 2.24) is 14.7 Å². The normalized spacial score (nSPS) is 19.8. The average molecular weight is 372 g/mol. The van der Waals surface area contributed by atoms with Gasteiger partial charge in [0, 0.05) is 39.1 Å². The van der Waals surface area contributed by atoms with Crippen LogP contribution in [0.25, 0.3) is 0 Å². The maximum Gasteiger partial charge on any atom is 0.226 e. The maximum atomic E-state index is 12.7. The predicted molar refractivity (Wildman–Crippen MR) is 107 cm³/mol. The second-order valence-electron chi connectivity index (χ2n) is 8.67. The molecule has 0 bridgehead atoms. The standard InChI is InChI=1S/C22H33N3O2/c1-18-5-4-6-19(15-18)16-21(27)24-11-9-22(10-12-24)8-7-20(26)25(17-22)14-13-23(2)3/h4-6,15H,7-14,16-17H2,1-3H3. The monoisotopic (exact) mass is 371 g/mol. The number of piperidine rings is 2. The van der Waals surface area contributed by atoms with Crippen molar-refractivity contribution in [2.75, 3.05) is 46.8 Å². The van der Waals surface area contributed by atoms with Crippen molar-refractivity contribution in [1.29, 1.82) is 0 Å². The molecule has 1 aromatic rings. The quantitative estimate of drug-likeness (QED) is 0.798. The fourth-order valence-electron chi connectivity index (χ4n) is 4.37. The summed E-state index contributed by atoms with van der Waals surface area (Å²) in [4.78, 5) is 31.2. The molecule has 2 heterocycles. The summed E-state index contributed by atoms with van der Waals surface area (Å²) in [5.74, 6) is 0.521. The molecule has 2 saturated heterocycles. The Bertz CT molecular complexity index is 678. The number of likely N-dealkylation sites (tertiary alicyclic amines) is 2. The van der Waals surface area contributed by atoms with Gasteiger partial charge in [0.15, 0.2) is 0 Å². The Morgan fingerprint density at radius 3 is 2.59 bits per heavy atom. The molecule has 0 aromatic heterocycles. The van der Waals surface area contributed by atoms with Crippen LogP contribution in [-0.2, 0) is 16.0 Å². The minimum atomic E-state index is 0.209. The number of hydrogen-bond acceptors (Lipinski definition) is 3. The zero-order chi connectivity index (χ0) is 19.4. The molecule has 0 aliphatic carbocycles. The molecule has 3 rings (SSSR count). The summed E-state index contributed by atoms with van der Waals surface area (Å²) in [6, 6.07) is 8.21. The molecule has 2 amide bonds. The third kappa shape index (κ3) is 5.10. The van der Waals surface area contributed by atoms with E-state index in [1.54, 1.807) is 0 Å². The van der Waals surface area contributed by atoms with E-state index in [0.29, 0.717) is 18.7 Å². The van der Waals surface area contributed by atoms with Crippen LogP contribution < -0.4 is 0 Å². The zero-order valence-electron chi connectivity index (χ0n) is 17.0. The highest BCUT2D eigenvalue weighted by Gasteiger charge is 2.41. The Labute approximate surface area is 163 Å². The molecule has 0 atom stereocenters. The molecule has 27 heavy (non-hydrogen) atoms. The number of amides is 2. The highest BCUT2D eigenvalue weighted by molar-refractivity contribution is 5.79. The summed E-state index contributed by atoms with van der Waals surface area (Å²) in [5.41, 5.74) is 2.50. The van der Waals surface area contributed by atoms with Crippen LogP contribution in [0, 0.1) is 12.3 Å². The summed E-state index contributed by atoms with van der Waals surface area (Å²) in [5, 5.41) is 0. The van der Waals surface area contributed by atoms with Gasteiger partial charge in [-0.15, -0.1) is 0 Å². The van der Waals surface area contributed by atoms with E-state index in [0.717, 1.165) is 57.5 Å². The van der Waals surface area contributed by atoms with Crippen molar-refractivity contribution in [3.05, 3.63) is 35.4 Å². The van der Waals surface area contributed by atoms with Gasteiger partial charge in [-0.1, -0.05) is 29.8 Å². The molecule has 0 saturated carbocycles. The molecule has 148 valence electrons. The lowest BCUT2D eigenvalue weighted by Gasteiger charge is -2.47. The van der Waals surface area contributed by atoms with Gasteiger partial charge in [0.2, 0.25) is 11.8 Å². The van der Waals surface area contributed by atoms with E-state index in [9.17, 15) is 9.59 Å². The van der Waals surface area contributed by atoms with Crippen LogP contribution in [0.3, 0.4) is 0 Å². The molecule has 0 N–H and O–H groups in total. The van der Waals surface area contributed by atoms with Gasteiger partial charge in [-0.25, -0.2) is 0 Å². The van der Waals surface area contributed by atoms with E-state index in [2.05, 4.69) is 24.0 Å².